The molecule has 102 valence electrons. The molecule has 3 rings (SSSR count). The first-order valence-electron chi connectivity index (χ1n) is 6.81. The fraction of sp³-hybridized carbons (Fsp3) is 0.500. The van der Waals surface area contributed by atoms with Crippen molar-refractivity contribution in [1.82, 2.24) is 4.90 Å². The van der Waals surface area contributed by atoms with E-state index in [1.165, 1.54) is 18.5 Å². The first-order chi connectivity index (χ1) is 9.22. The first-order valence-corrected chi connectivity index (χ1v) is 7.19. The van der Waals surface area contributed by atoms with Crippen molar-refractivity contribution >= 4 is 23.2 Å². The van der Waals surface area contributed by atoms with Crippen molar-refractivity contribution in [2.24, 2.45) is 10.7 Å². The smallest absolute Gasteiger partial charge is 0.191 e. The number of guanidine groups is 1. The second-order valence-electron chi connectivity index (χ2n) is 5.17. The van der Waals surface area contributed by atoms with Gasteiger partial charge in [0.1, 0.15) is 0 Å². The highest BCUT2D eigenvalue weighted by atomic mass is 35.5. The first kappa shape index (κ1) is 12.6. The van der Waals surface area contributed by atoms with E-state index >= 15 is 0 Å². The highest BCUT2D eigenvalue weighted by Gasteiger charge is 2.23. The average Bonchev–Trinajstić information content (AvgIpc) is 3.24. The van der Waals surface area contributed by atoms with E-state index in [2.05, 4.69) is 26.9 Å². The summed E-state index contributed by atoms with van der Waals surface area (Å²) >= 11 is 5.91. The predicted octanol–water partition coefficient (Wildman–Crippen LogP) is 1.94. The van der Waals surface area contributed by atoms with Gasteiger partial charge in [0.2, 0.25) is 0 Å². The van der Waals surface area contributed by atoms with Crippen molar-refractivity contribution in [2.45, 2.75) is 18.9 Å². The summed E-state index contributed by atoms with van der Waals surface area (Å²) in [5, 5.41) is 0.781. The van der Waals surface area contributed by atoms with Crippen LogP contribution in [0.5, 0.6) is 0 Å². The molecule has 1 aromatic rings. The molecule has 0 amide bonds. The summed E-state index contributed by atoms with van der Waals surface area (Å²) < 4.78 is 0. The number of benzene rings is 1. The highest BCUT2D eigenvalue weighted by molar-refractivity contribution is 6.30. The minimum absolute atomic E-state index is 0.495. The van der Waals surface area contributed by atoms with E-state index in [1.807, 2.05) is 12.1 Å². The van der Waals surface area contributed by atoms with Crippen LogP contribution in [0.4, 0.5) is 5.69 Å². The van der Waals surface area contributed by atoms with Crippen molar-refractivity contribution in [3.63, 3.8) is 0 Å². The topological polar surface area (TPSA) is 44.9 Å². The largest absolute Gasteiger partial charge is 0.370 e. The zero-order chi connectivity index (χ0) is 13.2. The van der Waals surface area contributed by atoms with E-state index in [9.17, 15) is 0 Å². The van der Waals surface area contributed by atoms with Crippen LogP contribution < -0.4 is 10.6 Å². The normalized spacial score (nSPS) is 20.8. The molecule has 1 aliphatic heterocycles. The van der Waals surface area contributed by atoms with Crippen LogP contribution >= 0.6 is 11.6 Å². The van der Waals surface area contributed by atoms with Crippen LogP contribution in [0.3, 0.4) is 0 Å². The molecular weight excluding hydrogens is 260 g/mol. The van der Waals surface area contributed by atoms with E-state index in [0.29, 0.717) is 6.04 Å². The molecule has 1 saturated carbocycles. The van der Waals surface area contributed by atoms with Gasteiger partial charge in [0.25, 0.3) is 0 Å². The second-order valence-corrected chi connectivity index (χ2v) is 5.61. The van der Waals surface area contributed by atoms with Gasteiger partial charge in [-0.15, -0.1) is 0 Å². The Labute approximate surface area is 118 Å². The molecule has 0 unspecified atom stereocenters. The predicted molar refractivity (Wildman–Crippen MR) is 79.9 cm³/mol. The Hall–Kier alpha value is -1.42. The van der Waals surface area contributed by atoms with Gasteiger partial charge in [0, 0.05) is 36.9 Å². The molecule has 0 bridgehead atoms. The van der Waals surface area contributed by atoms with Gasteiger partial charge in [-0.25, -0.2) is 4.99 Å². The number of nitrogens with two attached hydrogens (primary N) is 1. The molecule has 1 aromatic carbocycles. The van der Waals surface area contributed by atoms with Crippen molar-refractivity contribution in [3.8, 4) is 0 Å². The van der Waals surface area contributed by atoms with E-state index in [4.69, 9.17) is 17.3 Å². The molecule has 0 spiro atoms. The third-order valence-electron chi connectivity index (χ3n) is 3.66. The van der Waals surface area contributed by atoms with Crippen LogP contribution in [0.2, 0.25) is 5.02 Å². The number of rotatable bonds is 2. The molecule has 5 heteroatoms. The molecule has 1 saturated heterocycles. The number of aliphatic imine (C=N–C) groups is 1. The quantitative estimate of drug-likeness (QED) is 0.664. The Bertz CT molecular complexity index is 459. The Morgan fingerprint density at radius 2 is 1.74 bits per heavy atom. The molecule has 1 heterocycles. The van der Waals surface area contributed by atoms with E-state index < -0.39 is 0 Å². The molecule has 4 nitrogen and oxygen atoms in total. The summed E-state index contributed by atoms with van der Waals surface area (Å²) in [5.41, 5.74) is 7.26. The summed E-state index contributed by atoms with van der Waals surface area (Å²) in [6.07, 6.45) is 2.40. The van der Waals surface area contributed by atoms with Gasteiger partial charge in [-0.05, 0) is 37.1 Å². The van der Waals surface area contributed by atoms with Crippen LogP contribution in [-0.2, 0) is 0 Å². The molecule has 19 heavy (non-hydrogen) atoms. The Morgan fingerprint density at radius 3 is 2.32 bits per heavy atom. The third kappa shape index (κ3) is 3.13. The van der Waals surface area contributed by atoms with Crippen LogP contribution in [0.1, 0.15) is 12.8 Å². The molecule has 0 atom stereocenters. The molecule has 1 aliphatic carbocycles. The zero-order valence-corrected chi connectivity index (χ0v) is 11.7. The van der Waals surface area contributed by atoms with Crippen molar-refractivity contribution in [3.05, 3.63) is 29.3 Å². The summed E-state index contributed by atoms with van der Waals surface area (Å²) in [7, 11) is 0. The number of hydrogen-bond donors (Lipinski definition) is 1. The van der Waals surface area contributed by atoms with E-state index in [0.717, 1.165) is 37.2 Å². The molecule has 0 radical (unpaired) electrons. The van der Waals surface area contributed by atoms with Gasteiger partial charge in [0.05, 0.1) is 6.04 Å². The van der Waals surface area contributed by atoms with Gasteiger partial charge in [0.15, 0.2) is 5.96 Å². The van der Waals surface area contributed by atoms with Crippen molar-refractivity contribution in [1.29, 1.82) is 0 Å². The second kappa shape index (κ2) is 5.29. The maximum Gasteiger partial charge on any atom is 0.191 e. The van der Waals surface area contributed by atoms with Gasteiger partial charge in [-0.1, -0.05) is 11.6 Å². The van der Waals surface area contributed by atoms with E-state index in [1.54, 1.807) is 0 Å². The lowest BCUT2D eigenvalue weighted by atomic mass is 10.2. The molecule has 2 N–H and O–H groups in total. The van der Waals surface area contributed by atoms with Crippen molar-refractivity contribution in [2.75, 3.05) is 31.1 Å². The Balaban J connectivity index is 1.58. The van der Waals surface area contributed by atoms with Crippen LogP contribution in [0.15, 0.2) is 29.3 Å². The van der Waals surface area contributed by atoms with Crippen LogP contribution in [-0.4, -0.2) is 43.1 Å². The van der Waals surface area contributed by atoms with Gasteiger partial charge < -0.3 is 15.5 Å². The van der Waals surface area contributed by atoms with Gasteiger partial charge >= 0.3 is 0 Å². The zero-order valence-electron chi connectivity index (χ0n) is 10.9. The fourth-order valence-corrected chi connectivity index (χ4v) is 2.44. The summed E-state index contributed by atoms with van der Waals surface area (Å²) in [6.45, 7) is 3.82. The Kier molecular flexibility index (Phi) is 3.51. The number of piperazine rings is 1. The standard InChI is InChI=1S/C14H19ClN4/c15-11-1-5-13(6-2-11)18-7-9-19(10-8-18)14(16)17-12-3-4-12/h1-2,5-6,12H,3-4,7-10H2,(H2,16,17). The van der Waals surface area contributed by atoms with Crippen LogP contribution in [0, 0.1) is 0 Å². The minimum atomic E-state index is 0.495. The number of hydrogen-bond acceptors (Lipinski definition) is 2. The fourth-order valence-electron chi connectivity index (χ4n) is 2.32. The summed E-state index contributed by atoms with van der Waals surface area (Å²) in [6, 6.07) is 8.51. The number of anilines is 1. The number of nitrogens with zero attached hydrogens (tertiary/aromatic N) is 3. The SMILES string of the molecule is NC(=NC1CC1)N1CCN(c2ccc(Cl)cc2)CC1. The van der Waals surface area contributed by atoms with Gasteiger partial charge in [-0.3, -0.25) is 0 Å². The molecular formula is C14H19ClN4. The summed E-state index contributed by atoms with van der Waals surface area (Å²) in [5.74, 6) is 0.721. The Morgan fingerprint density at radius 1 is 1.11 bits per heavy atom. The van der Waals surface area contributed by atoms with Crippen LogP contribution in [0.25, 0.3) is 0 Å². The maximum atomic E-state index is 6.03. The van der Waals surface area contributed by atoms with E-state index in [-0.39, 0.29) is 0 Å². The lowest BCUT2D eigenvalue weighted by Crippen LogP contribution is -2.51. The van der Waals surface area contributed by atoms with Gasteiger partial charge in [-0.2, -0.15) is 0 Å². The number of halogens is 1. The average molecular weight is 279 g/mol. The third-order valence-corrected chi connectivity index (χ3v) is 3.91. The monoisotopic (exact) mass is 278 g/mol. The lowest BCUT2D eigenvalue weighted by molar-refractivity contribution is 0.380. The lowest BCUT2D eigenvalue weighted by Gasteiger charge is -2.36. The highest BCUT2D eigenvalue weighted by Crippen LogP contribution is 2.24. The molecule has 0 aromatic heterocycles. The maximum absolute atomic E-state index is 6.03. The van der Waals surface area contributed by atoms with Crippen molar-refractivity contribution < 1.29 is 0 Å². The summed E-state index contributed by atoms with van der Waals surface area (Å²) in [4.78, 5) is 9.05. The minimum Gasteiger partial charge on any atom is -0.370 e. The molecule has 2 aliphatic rings. The molecule has 2 fully saturated rings.